The highest BCUT2D eigenvalue weighted by Gasteiger charge is 2.29. The molecule has 1 aromatic heterocycles. The molecule has 1 aliphatic heterocycles. The van der Waals surface area contributed by atoms with Crippen molar-refractivity contribution >= 4 is 5.91 Å². The van der Waals surface area contributed by atoms with E-state index in [0.717, 1.165) is 31.5 Å². The number of ether oxygens (including phenoxy) is 1. The summed E-state index contributed by atoms with van der Waals surface area (Å²) in [6.07, 6.45) is 2.67. The van der Waals surface area contributed by atoms with Gasteiger partial charge in [-0.1, -0.05) is 38.1 Å². The van der Waals surface area contributed by atoms with Gasteiger partial charge >= 0.3 is 0 Å². The summed E-state index contributed by atoms with van der Waals surface area (Å²) in [6, 6.07) is 8.27. The lowest BCUT2D eigenvalue weighted by atomic mass is 9.98. The van der Waals surface area contributed by atoms with Gasteiger partial charge in [0.05, 0.1) is 18.9 Å². The molecule has 146 valence electrons. The first kappa shape index (κ1) is 19.6. The third-order valence-corrected chi connectivity index (χ3v) is 5.73. The van der Waals surface area contributed by atoms with Gasteiger partial charge in [0.15, 0.2) is 0 Å². The van der Waals surface area contributed by atoms with Crippen molar-refractivity contribution in [1.29, 1.82) is 0 Å². The van der Waals surface area contributed by atoms with Crippen LogP contribution in [0.1, 0.15) is 54.8 Å². The van der Waals surface area contributed by atoms with E-state index in [2.05, 4.69) is 38.0 Å². The van der Waals surface area contributed by atoms with Gasteiger partial charge in [0, 0.05) is 43.7 Å². The van der Waals surface area contributed by atoms with E-state index in [-0.39, 0.29) is 11.8 Å². The van der Waals surface area contributed by atoms with Gasteiger partial charge < -0.3 is 9.64 Å². The molecule has 0 bridgehead atoms. The normalized spacial score (nSPS) is 13.9. The van der Waals surface area contributed by atoms with Crippen molar-refractivity contribution in [2.24, 2.45) is 13.0 Å². The monoisotopic (exact) mass is 369 g/mol. The second kappa shape index (κ2) is 8.70. The number of hydrogen-bond acceptors (Lipinski definition) is 3. The van der Waals surface area contributed by atoms with E-state index in [1.165, 1.54) is 22.4 Å². The number of carbonyl (C=O) groups is 1. The maximum absolute atomic E-state index is 12.8. The molecule has 0 spiro atoms. The predicted octanol–water partition coefficient (Wildman–Crippen LogP) is 3.77. The molecule has 3 rings (SSSR count). The molecule has 1 amide bonds. The van der Waals surface area contributed by atoms with E-state index in [4.69, 9.17) is 4.74 Å². The Bertz CT molecular complexity index is 793. The standard InChI is InChI=1S/C22H31N3O2/c1-5-17(6-2)22(26)25-12-11-21-19(13-25)20(23-24(21)4)15-27-14-18-10-8-7-9-16(18)3/h7-10,17H,5-6,11-15H2,1-4H3. The zero-order valence-electron chi connectivity index (χ0n) is 17.0. The summed E-state index contributed by atoms with van der Waals surface area (Å²) in [5.74, 6) is 0.408. The van der Waals surface area contributed by atoms with E-state index in [1.807, 2.05) is 28.8 Å². The second-order valence-electron chi connectivity index (χ2n) is 7.44. The number of aryl methyl sites for hydroxylation is 2. The number of amides is 1. The van der Waals surface area contributed by atoms with Gasteiger partial charge in [0.25, 0.3) is 0 Å². The van der Waals surface area contributed by atoms with Crippen molar-refractivity contribution in [1.82, 2.24) is 14.7 Å². The fourth-order valence-electron chi connectivity index (χ4n) is 3.90. The number of rotatable bonds is 7. The molecule has 0 atom stereocenters. The largest absolute Gasteiger partial charge is 0.370 e. The van der Waals surface area contributed by atoms with E-state index >= 15 is 0 Å². The summed E-state index contributed by atoms with van der Waals surface area (Å²) in [4.78, 5) is 14.8. The molecule has 1 aromatic carbocycles. The minimum atomic E-state index is 0.129. The first-order valence-corrected chi connectivity index (χ1v) is 9.99. The fourth-order valence-corrected chi connectivity index (χ4v) is 3.90. The SMILES string of the molecule is CCC(CC)C(=O)N1CCc2c(c(COCc3ccccc3C)nn2C)C1. The highest BCUT2D eigenvalue weighted by molar-refractivity contribution is 5.79. The highest BCUT2D eigenvalue weighted by atomic mass is 16.5. The van der Waals surface area contributed by atoms with Gasteiger partial charge in [-0.3, -0.25) is 9.48 Å². The number of fused-ring (bicyclic) bond motifs is 1. The summed E-state index contributed by atoms with van der Waals surface area (Å²) < 4.78 is 7.93. The first-order valence-electron chi connectivity index (χ1n) is 9.99. The maximum atomic E-state index is 12.8. The summed E-state index contributed by atoms with van der Waals surface area (Å²) in [5, 5.41) is 4.68. The molecule has 0 unspecified atom stereocenters. The van der Waals surface area contributed by atoms with Crippen molar-refractivity contribution in [2.75, 3.05) is 6.54 Å². The lowest BCUT2D eigenvalue weighted by Gasteiger charge is -2.30. The summed E-state index contributed by atoms with van der Waals surface area (Å²) in [7, 11) is 1.99. The van der Waals surface area contributed by atoms with Crippen LogP contribution >= 0.6 is 0 Å². The van der Waals surface area contributed by atoms with Crippen molar-refractivity contribution in [2.45, 2.75) is 59.8 Å². The van der Waals surface area contributed by atoms with E-state index in [0.29, 0.717) is 19.8 Å². The van der Waals surface area contributed by atoms with Crippen LogP contribution in [0.15, 0.2) is 24.3 Å². The Labute approximate surface area is 162 Å². The first-order chi connectivity index (χ1) is 13.0. The molecule has 0 fully saturated rings. The smallest absolute Gasteiger partial charge is 0.225 e. The fraction of sp³-hybridized carbons (Fsp3) is 0.545. The van der Waals surface area contributed by atoms with Crippen LogP contribution in [0.2, 0.25) is 0 Å². The number of nitrogens with zero attached hydrogens (tertiary/aromatic N) is 3. The lowest BCUT2D eigenvalue weighted by Crippen LogP contribution is -2.40. The highest BCUT2D eigenvalue weighted by Crippen LogP contribution is 2.25. The molecule has 1 aliphatic rings. The summed E-state index contributed by atoms with van der Waals surface area (Å²) >= 11 is 0. The average Bonchev–Trinajstić information content (AvgIpc) is 2.99. The minimum Gasteiger partial charge on any atom is -0.370 e. The predicted molar refractivity (Wildman–Crippen MR) is 106 cm³/mol. The average molecular weight is 370 g/mol. The molecule has 2 heterocycles. The Morgan fingerprint density at radius 2 is 1.96 bits per heavy atom. The molecule has 0 radical (unpaired) electrons. The van der Waals surface area contributed by atoms with Crippen molar-refractivity contribution < 1.29 is 9.53 Å². The Morgan fingerprint density at radius 3 is 2.67 bits per heavy atom. The van der Waals surface area contributed by atoms with Crippen LogP contribution in [0.4, 0.5) is 0 Å². The van der Waals surface area contributed by atoms with Crippen LogP contribution < -0.4 is 0 Å². The van der Waals surface area contributed by atoms with Gasteiger partial charge in [0.2, 0.25) is 5.91 Å². The molecule has 0 saturated heterocycles. The van der Waals surface area contributed by atoms with E-state index in [9.17, 15) is 4.79 Å². The Balaban J connectivity index is 1.69. The summed E-state index contributed by atoms with van der Waals surface area (Å²) in [6.45, 7) is 8.78. The van der Waals surface area contributed by atoms with Crippen molar-refractivity contribution in [3.05, 3.63) is 52.3 Å². The zero-order valence-corrected chi connectivity index (χ0v) is 17.0. The maximum Gasteiger partial charge on any atom is 0.225 e. The number of hydrogen-bond donors (Lipinski definition) is 0. The van der Waals surface area contributed by atoms with Gasteiger partial charge in [-0.15, -0.1) is 0 Å². The quantitative estimate of drug-likeness (QED) is 0.746. The third-order valence-electron chi connectivity index (χ3n) is 5.73. The Kier molecular flexibility index (Phi) is 6.32. The van der Waals surface area contributed by atoms with Crippen LogP contribution in [-0.2, 0) is 42.8 Å². The molecule has 0 saturated carbocycles. The number of benzene rings is 1. The molecule has 5 nitrogen and oxygen atoms in total. The van der Waals surface area contributed by atoms with Gasteiger partial charge in [-0.2, -0.15) is 5.10 Å². The van der Waals surface area contributed by atoms with Gasteiger partial charge in [-0.05, 0) is 30.9 Å². The van der Waals surface area contributed by atoms with Crippen LogP contribution in [-0.4, -0.2) is 27.1 Å². The van der Waals surface area contributed by atoms with Crippen molar-refractivity contribution in [3.63, 3.8) is 0 Å². The molecule has 2 aromatic rings. The minimum absolute atomic E-state index is 0.129. The van der Waals surface area contributed by atoms with Crippen LogP contribution in [0.25, 0.3) is 0 Å². The van der Waals surface area contributed by atoms with E-state index in [1.54, 1.807) is 0 Å². The number of carbonyl (C=O) groups excluding carboxylic acids is 1. The third kappa shape index (κ3) is 4.24. The topological polar surface area (TPSA) is 47.4 Å². The Hall–Kier alpha value is -2.14. The lowest BCUT2D eigenvalue weighted by molar-refractivity contribution is -0.136. The molecule has 0 aliphatic carbocycles. The second-order valence-corrected chi connectivity index (χ2v) is 7.44. The molecule has 5 heteroatoms. The molecule has 27 heavy (non-hydrogen) atoms. The zero-order chi connectivity index (χ0) is 19.4. The van der Waals surface area contributed by atoms with Crippen LogP contribution in [0.5, 0.6) is 0 Å². The van der Waals surface area contributed by atoms with Gasteiger partial charge in [0.1, 0.15) is 0 Å². The van der Waals surface area contributed by atoms with E-state index < -0.39 is 0 Å². The molecule has 0 N–H and O–H groups in total. The van der Waals surface area contributed by atoms with Gasteiger partial charge in [-0.25, -0.2) is 0 Å². The van der Waals surface area contributed by atoms with Crippen LogP contribution in [0, 0.1) is 12.8 Å². The van der Waals surface area contributed by atoms with Crippen molar-refractivity contribution in [3.8, 4) is 0 Å². The number of aromatic nitrogens is 2. The molecular formula is C22H31N3O2. The molecular weight excluding hydrogens is 338 g/mol. The van der Waals surface area contributed by atoms with Crippen LogP contribution in [0.3, 0.4) is 0 Å². The Morgan fingerprint density at radius 1 is 1.22 bits per heavy atom. The summed E-state index contributed by atoms with van der Waals surface area (Å²) in [5.41, 5.74) is 5.81.